The third-order valence-corrected chi connectivity index (χ3v) is 4.96. The van der Waals surface area contributed by atoms with Crippen LogP contribution in [0.1, 0.15) is 22.2 Å². The normalized spacial score (nSPS) is 17.1. The molecule has 14 heavy (non-hydrogen) atoms. The van der Waals surface area contributed by atoms with E-state index in [0.717, 1.165) is 22.6 Å². The van der Waals surface area contributed by atoms with Crippen LogP contribution in [0.4, 0.5) is 0 Å². The monoisotopic (exact) mass is 240 g/mol. The molecule has 0 aromatic carbocycles. The van der Waals surface area contributed by atoms with E-state index < -0.39 is 15.9 Å². The summed E-state index contributed by atoms with van der Waals surface area (Å²) in [4.78, 5) is 12.0. The van der Waals surface area contributed by atoms with Crippen LogP contribution >= 0.6 is 11.3 Å². The average molecular weight is 240 g/mol. The van der Waals surface area contributed by atoms with Gasteiger partial charge in [-0.1, -0.05) is 6.92 Å². The van der Waals surface area contributed by atoms with Gasteiger partial charge in [0.1, 0.15) is 0 Å². The summed E-state index contributed by atoms with van der Waals surface area (Å²) in [6.07, 6.45) is 0.750. The first kappa shape index (κ1) is 12.2. The molecule has 1 aromatic rings. The Hall–Kier alpha value is 0.120. The summed E-state index contributed by atoms with van der Waals surface area (Å²) in [5, 5.41) is 0. The fourth-order valence-corrected chi connectivity index (χ4v) is 3.77. The molecule has 1 amide bonds. The van der Waals surface area contributed by atoms with Crippen LogP contribution in [0.25, 0.3) is 0 Å². The molecule has 1 aromatic heterocycles. The number of thiophene rings is 1. The molecule has 0 radical (unpaired) electrons. The molecule has 0 aliphatic carbocycles. The molecule has 0 saturated carbocycles. The number of carbonyl (C=O) groups excluding carboxylic acids is 1. The third-order valence-electron chi connectivity index (χ3n) is 1.81. The number of rotatable bonds is 1. The Bertz CT molecular complexity index is 477. The number of nitrogens with one attached hydrogen (secondary N) is 1. The van der Waals surface area contributed by atoms with Crippen molar-refractivity contribution in [1.82, 2.24) is 4.72 Å². The van der Waals surface area contributed by atoms with Crippen LogP contribution < -0.4 is 34.3 Å². The summed E-state index contributed by atoms with van der Waals surface area (Å²) in [5.41, 5.74) is 0.293. The standard InChI is InChI=1S/C7H7NO3S2.Na/c1-2-4-3-5-6(9)8-13(10,11)7(5)12-4;/h3H,2H2,1H3,(H,8,9);/q;+1. The number of sulfonamides is 1. The molecule has 1 aliphatic heterocycles. The van der Waals surface area contributed by atoms with E-state index in [0.29, 0.717) is 5.56 Å². The first-order chi connectivity index (χ1) is 6.04. The van der Waals surface area contributed by atoms with Crippen LogP contribution in [0.15, 0.2) is 10.3 Å². The number of amides is 1. The second-order valence-electron chi connectivity index (χ2n) is 2.70. The predicted molar refractivity (Wildman–Crippen MR) is 48.3 cm³/mol. The second-order valence-corrected chi connectivity index (χ2v) is 5.72. The van der Waals surface area contributed by atoms with E-state index >= 15 is 0 Å². The van der Waals surface area contributed by atoms with Gasteiger partial charge in [0.05, 0.1) is 5.56 Å². The molecule has 4 nitrogen and oxygen atoms in total. The number of hydrogen-bond acceptors (Lipinski definition) is 4. The van der Waals surface area contributed by atoms with Gasteiger partial charge in [-0.05, 0) is 12.5 Å². The number of hydrogen-bond donors (Lipinski definition) is 1. The van der Waals surface area contributed by atoms with E-state index in [9.17, 15) is 13.2 Å². The first-order valence-electron chi connectivity index (χ1n) is 3.74. The van der Waals surface area contributed by atoms with Crippen molar-refractivity contribution < 1.29 is 42.8 Å². The van der Waals surface area contributed by atoms with Crippen molar-refractivity contribution in [1.29, 1.82) is 0 Å². The minimum atomic E-state index is -3.53. The molecule has 0 bridgehead atoms. The minimum absolute atomic E-state index is 0. The molecule has 0 spiro atoms. The van der Waals surface area contributed by atoms with Gasteiger partial charge in [0.2, 0.25) is 0 Å². The van der Waals surface area contributed by atoms with Crippen molar-refractivity contribution in [2.24, 2.45) is 0 Å². The molecule has 2 rings (SSSR count). The first-order valence-corrected chi connectivity index (χ1v) is 6.04. The summed E-state index contributed by atoms with van der Waals surface area (Å²) in [7, 11) is -3.53. The Morgan fingerprint density at radius 3 is 2.64 bits per heavy atom. The van der Waals surface area contributed by atoms with Crippen LogP contribution in [0, 0.1) is 0 Å². The fourth-order valence-electron chi connectivity index (χ4n) is 1.18. The Morgan fingerprint density at radius 2 is 2.14 bits per heavy atom. The van der Waals surface area contributed by atoms with Gasteiger partial charge in [-0.3, -0.25) is 4.79 Å². The second kappa shape index (κ2) is 3.94. The van der Waals surface area contributed by atoms with Gasteiger partial charge < -0.3 is 0 Å². The van der Waals surface area contributed by atoms with Gasteiger partial charge in [0.25, 0.3) is 15.9 Å². The molecular formula is C7H7NNaO3S2+. The average Bonchev–Trinajstić information content (AvgIpc) is 2.53. The van der Waals surface area contributed by atoms with Crippen molar-refractivity contribution in [2.75, 3.05) is 0 Å². The number of fused-ring (bicyclic) bond motifs is 1. The van der Waals surface area contributed by atoms with Gasteiger partial charge in [-0.15, -0.1) is 11.3 Å². The Morgan fingerprint density at radius 1 is 1.50 bits per heavy atom. The van der Waals surface area contributed by atoms with Crippen LogP contribution in [0.2, 0.25) is 0 Å². The summed E-state index contributed by atoms with van der Waals surface area (Å²) < 4.78 is 24.6. The van der Waals surface area contributed by atoms with E-state index in [1.165, 1.54) is 0 Å². The zero-order chi connectivity index (χ0) is 9.64. The maximum atomic E-state index is 11.3. The van der Waals surface area contributed by atoms with E-state index in [1.807, 2.05) is 11.6 Å². The van der Waals surface area contributed by atoms with Gasteiger partial charge in [0.15, 0.2) is 4.21 Å². The van der Waals surface area contributed by atoms with Crippen molar-refractivity contribution in [2.45, 2.75) is 17.6 Å². The quantitative estimate of drug-likeness (QED) is 0.564. The zero-order valence-corrected chi connectivity index (χ0v) is 11.5. The SMILES string of the molecule is CCc1cc2c(s1)S(=O)(=O)NC2=O.[Na+]. The third kappa shape index (κ3) is 1.77. The van der Waals surface area contributed by atoms with E-state index in [2.05, 4.69) is 0 Å². The van der Waals surface area contributed by atoms with Gasteiger partial charge in [-0.2, -0.15) is 0 Å². The Kier molecular flexibility index (Phi) is 3.43. The summed E-state index contributed by atoms with van der Waals surface area (Å²) in [6.45, 7) is 1.92. The molecule has 1 N–H and O–H groups in total. The molecule has 70 valence electrons. The van der Waals surface area contributed by atoms with E-state index in [4.69, 9.17) is 0 Å². The minimum Gasteiger partial charge on any atom is -0.268 e. The van der Waals surface area contributed by atoms with E-state index in [1.54, 1.807) is 6.07 Å². The maximum absolute atomic E-state index is 11.3. The number of aryl methyl sites for hydroxylation is 1. The molecule has 1 aliphatic rings. The topological polar surface area (TPSA) is 63.2 Å². The molecule has 0 saturated heterocycles. The largest absolute Gasteiger partial charge is 1.00 e. The Labute approximate surface area is 108 Å². The smallest absolute Gasteiger partial charge is 0.268 e. The molecule has 0 fully saturated rings. The number of carbonyl (C=O) groups is 1. The molecular weight excluding hydrogens is 233 g/mol. The van der Waals surface area contributed by atoms with Gasteiger partial charge in [-0.25, -0.2) is 13.1 Å². The molecule has 2 heterocycles. The predicted octanol–water partition coefficient (Wildman–Crippen LogP) is -2.25. The van der Waals surface area contributed by atoms with Crippen molar-refractivity contribution in [3.63, 3.8) is 0 Å². The van der Waals surface area contributed by atoms with E-state index in [-0.39, 0.29) is 33.8 Å². The summed E-state index contributed by atoms with van der Waals surface area (Å²) >= 11 is 1.16. The van der Waals surface area contributed by atoms with Crippen LogP contribution in [0.3, 0.4) is 0 Å². The molecule has 0 unspecified atom stereocenters. The Balaban J connectivity index is 0.000000980. The van der Waals surface area contributed by atoms with Crippen LogP contribution in [0.5, 0.6) is 0 Å². The van der Waals surface area contributed by atoms with Crippen molar-refractivity contribution >= 4 is 27.3 Å². The maximum Gasteiger partial charge on any atom is 1.00 e. The molecule has 7 heteroatoms. The van der Waals surface area contributed by atoms with Crippen molar-refractivity contribution in [3.8, 4) is 0 Å². The molecule has 0 atom stereocenters. The zero-order valence-electron chi connectivity index (χ0n) is 7.83. The van der Waals surface area contributed by atoms with Crippen LogP contribution in [-0.2, 0) is 16.4 Å². The summed E-state index contributed by atoms with van der Waals surface area (Å²) in [5.74, 6) is -0.508. The van der Waals surface area contributed by atoms with Gasteiger partial charge in [0, 0.05) is 4.88 Å². The fraction of sp³-hybridized carbons (Fsp3) is 0.286. The van der Waals surface area contributed by atoms with Gasteiger partial charge >= 0.3 is 29.6 Å². The van der Waals surface area contributed by atoms with Crippen molar-refractivity contribution in [3.05, 3.63) is 16.5 Å². The van der Waals surface area contributed by atoms with Crippen LogP contribution in [-0.4, -0.2) is 14.3 Å². The summed E-state index contributed by atoms with van der Waals surface area (Å²) in [6, 6.07) is 1.64.